The molecule has 1 aliphatic heterocycles. The number of ether oxygens (including phenoxy) is 1. The fourth-order valence-corrected chi connectivity index (χ4v) is 8.03. The summed E-state index contributed by atoms with van der Waals surface area (Å²) >= 11 is 0. The van der Waals surface area contributed by atoms with Gasteiger partial charge in [0.15, 0.2) is 0 Å². The largest absolute Gasteiger partial charge is 0.487 e. The van der Waals surface area contributed by atoms with E-state index in [4.69, 9.17) is 4.74 Å². The van der Waals surface area contributed by atoms with Crippen molar-refractivity contribution in [3.63, 3.8) is 0 Å². The summed E-state index contributed by atoms with van der Waals surface area (Å²) in [5.41, 5.74) is 1.60. The zero-order valence-electron chi connectivity index (χ0n) is 23.0. The van der Waals surface area contributed by atoms with Gasteiger partial charge in [-0.2, -0.15) is 8.61 Å². The van der Waals surface area contributed by atoms with Crippen LogP contribution in [-0.2, 0) is 20.0 Å². The highest BCUT2D eigenvalue weighted by atomic mass is 32.2. The van der Waals surface area contributed by atoms with Crippen LogP contribution < -0.4 is 4.74 Å². The van der Waals surface area contributed by atoms with Crippen LogP contribution in [0.5, 0.6) is 5.75 Å². The zero-order chi connectivity index (χ0) is 28.4. The van der Waals surface area contributed by atoms with E-state index in [1.807, 2.05) is 13.8 Å². The molecule has 3 atom stereocenters. The molecule has 2 aromatic carbocycles. The Morgan fingerprint density at radius 3 is 2.46 bits per heavy atom. The number of aryl methyl sites for hydroxylation is 1. The molecule has 1 N–H and O–H groups in total. The van der Waals surface area contributed by atoms with Crippen LogP contribution in [0.25, 0.3) is 0 Å². The Labute approximate surface area is 233 Å². The molecule has 1 aliphatic carbocycles. The van der Waals surface area contributed by atoms with Gasteiger partial charge in [0.1, 0.15) is 16.7 Å². The van der Waals surface area contributed by atoms with E-state index in [9.17, 15) is 21.9 Å². The molecular formula is C29H38N2O6S2. The molecule has 2 aliphatic rings. The van der Waals surface area contributed by atoms with Gasteiger partial charge in [-0.3, -0.25) is 0 Å². The molecule has 212 valence electrons. The first kappa shape index (κ1) is 29.6. The van der Waals surface area contributed by atoms with Gasteiger partial charge in [0.2, 0.25) is 20.0 Å². The van der Waals surface area contributed by atoms with Gasteiger partial charge in [-0.05, 0) is 57.0 Å². The maximum absolute atomic E-state index is 13.7. The van der Waals surface area contributed by atoms with E-state index in [0.717, 1.165) is 18.4 Å². The summed E-state index contributed by atoms with van der Waals surface area (Å²) in [7, 11) is -6.30. The molecule has 0 unspecified atom stereocenters. The Hall–Kier alpha value is -2.42. The Bertz CT molecular complexity index is 1440. The van der Waals surface area contributed by atoms with Crippen LogP contribution in [0.3, 0.4) is 0 Å². The first-order chi connectivity index (χ1) is 18.4. The molecule has 1 saturated carbocycles. The SMILES string of the molecule is Cc1ccc(S(=O)(=O)N(C)C[C@H]2Oc3cc(C#CC4CCCC4)ccc3S(=O)(=O)N([C@@H](C)CO)C[C@@H]2C)cc1. The highest BCUT2D eigenvalue weighted by molar-refractivity contribution is 7.89. The minimum absolute atomic E-state index is 0.0101. The number of fused-ring (bicyclic) bond motifs is 1. The van der Waals surface area contributed by atoms with Crippen molar-refractivity contribution in [1.82, 2.24) is 8.61 Å². The van der Waals surface area contributed by atoms with Crippen molar-refractivity contribution in [2.24, 2.45) is 11.8 Å². The zero-order valence-corrected chi connectivity index (χ0v) is 24.6. The molecule has 4 rings (SSSR count). The van der Waals surface area contributed by atoms with Gasteiger partial charge >= 0.3 is 0 Å². The van der Waals surface area contributed by atoms with E-state index in [0.29, 0.717) is 11.5 Å². The van der Waals surface area contributed by atoms with Gasteiger partial charge in [0, 0.05) is 37.0 Å². The van der Waals surface area contributed by atoms with E-state index in [1.54, 1.807) is 43.3 Å². The van der Waals surface area contributed by atoms with Crippen molar-refractivity contribution in [2.75, 3.05) is 26.7 Å². The molecule has 2 aromatic rings. The van der Waals surface area contributed by atoms with Gasteiger partial charge in [0.05, 0.1) is 18.0 Å². The van der Waals surface area contributed by atoms with Crippen LogP contribution in [0.1, 0.15) is 50.7 Å². The summed E-state index contributed by atoms with van der Waals surface area (Å²) in [4.78, 5) is 0.159. The number of nitrogens with zero attached hydrogens (tertiary/aromatic N) is 2. The van der Waals surface area contributed by atoms with E-state index in [1.165, 1.54) is 34.6 Å². The van der Waals surface area contributed by atoms with Crippen molar-refractivity contribution in [3.05, 3.63) is 53.6 Å². The van der Waals surface area contributed by atoms with E-state index in [2.05, 4.69) is 11.8 Å². The van der Waals surface area contributed by atoms with E-state index in [-0.39, 0.29) is 41.2 Å². The van der Waals surface area contributed by atoms with Crippen LogP contribution in [0.4, 0.5) is 0 Å². The second-order valence-electron chi connectivity index (χ2n) is 10.8. The lowest BCUT2D eigenvalue weighted by molar-refractivity contribution is 0.0904. The number of hydrogen-bond acceptors (Lipinski definition) is 6. The number of aliphatic hydroxyl groups is 1. The Balaban J connectivity index is 1.71. The Morgan fingerprint density at radius 1 is 1.15 bits per heavy atom. The van der Waals surface area contributed by atoms with Gasteiger partial charge in [-0.1, -0.05) is 49.3 Å². The summed E-state index contributed by atoms with van der Waals surface area (Å²) in [6.07, 6.45) is 3.82. The Morgan fingerprint density at radius 2 is 1.82 bits per heavy atom. The molecule has 0 amide bonds. The van der Waals surface area contributed by atoms with Crippen LogP contribution in [0.15, 0.2) is 52.3 Å². The summed E-state index contributed by atoms with van der Waals surface area (Å²) < 4.78 is 62.9. The first-order valence-electron chi connectivity index (χ1n) is 13.4. The maximum Gasteiger partial charge on any atom is 0.247 e. The van der Waals surface area contributed by atoms with Crippen LogP contribution in [0, 0.1) is 30.6 Å². The molecular weight excluding hydrogens is 536 g/mol. The molecule has 8 nitrogen and oxygen atoms in total. The third-order valence-electron chi connectivity index (χ3n) is 7.61. The molecule has 1 heterocycles. The quantitative estimate of drug-likeness (QED) is 0.529. The third-order valence-corrected chi connectivity index (χ3v) is 11.5. The van der Waals surface area contributed by atoms with Gasteiger partial charge in [-0.15, -0.1) is 0 Å². The predicted octanol–water partition coefficient (Wildman–Crippen LogP) is 3.63. The smallest absolute Gasteiger partial charge is 0.247 e. The lowest BCUT2D eigenvalue weighted by Gasteiger charge is -2.37. The number of rotatable bonds is 6. The summed E-state index contributed by atoms with van der Waals surface area (Å²) in [6, 6.07) is 10.8. The fraction of sp³-hybridized carbons (Fsp3) is 0.517. The second-order valence-corrected chi connectivity index (χ2v) is 14.7. The minimum atomic E-state index is -3.99. The number of hydrogen-bond donors (Lipinski definition) is 1. The Kier molecular flexibility index (Phi) is 9.08. The minimum Gasteiger partial charge on any atom is -0.487 e. The summed E-state index contributed by atoms with van der Waals surface area (Å²) in [6.45, 7) is 5.10. The third kappa shape index (κ3) is 6.50. The van der Waals surface area contributed by atoms with Crippen molar-refractivity contribution < 1.29 is 26.7 Å². The highest BCUT2D eigenvalue weighted by Crippen LogP contribution is 2.34. The van der Waals surface area contributed by atoms with Gasteiger partial charge in [0.25, 0.3) is 0 Å². The van der Waals surface area contributed by atoms with E-state index >= 15 is 0 Å². The number of aliphatic hydroxyl groups excluding tert-OH is 1. The van der Waals surface area contributed by atoms with Crippen LogP contribution in [-0.4, -0.2) is 69.4 Å². The second kappa shape index (κ2) is 12.0. The van der Waals surface area contributed by atoms with Crippen molar-refractivity contribution in [1.29, 1.82) is 0 Å². The average Bonchev–Trinajstić information content (AvgIpc) is 3.43. The number of sulfonamides is 2. The molecule has 0 bridgehead atoms. The highest BCUT2D eigenvalue weighted by Gasteiger charge is 2.39. The van der Waals surface area contributed by atoms with Gasteiger partial charge < -0.3 is 9.84 Å². The van der Waals surface area contributed by atoms with Crippen molar-refractivity contribution in [3.8, 4) is 17.6 Å². The standard InChI is InChI=1S/C29H38N2O6S2/c1-21-9-14-26(15-10-21)38(33,34)30(4)19-28-22(2)18-31(23(3)20-32)39(35,36)29-16-13-25(17-27(29)37-28)12-11-24-7-5-6-8-24/h9-10,13-17,22-24,28,32H,5-8,18-20H2,1-4H3/t22-,23-,28+/m0/s1. The lowest BCUT2D eigenvalue weighted by Crippen LogP contribution is -2.50. The predicted molar refractivity (Wildman–Crippen MR) is 150 cm³/mol. The van der Waals surface area contributed by atoms with Crippen molar-refractivity contribution in [2.45, 2.75) is 68.4 Å². The molecule has 0 saturated heterocycles. The normalized spacial score (nSPS) is 22.7. The maximum atomic E-state index is 13.7. The fourth-order valence-electron chi connectivity index (χ4n) is 5.02. The molecule has 10 heteroatoms. The molecule has 0 spiro atoms. The van der Waals surface area contributed by atoms with Crippen LogP contribution in [0.2, 0.25) is 0 Å². The summed E-state index contributed by atoms with van der Waals surface area (Å²) in [5, 5.41) is 9.85. The number of likely N-dealkylation sites (N-methyl/N-ethyl adjacent to an activating group) is 1. The van der Waals surface area contributed by atoms with Crippen LogP contribution >= 0.6 is 0 Å². The molecule has 0 radical (unpaired) electrons. The van der Waals surface area contributed by atoms with Gasteiger partial charge in [-0.25, -0.2) is 16.8 Å². The summed E-state index contributed by atoms with van der Waals surface area (Å²) in [5.74, 6) is 6.57. The molecule has 1 fully saturated rings. The molecule has 0 aromatic heterocycles. The monoisotopic (exact) mass is 574 g/mol. The lowest BCUT2D eigenvalue weighted by atomic mass is 10.0. The topological polar surface area (TPSA) is 104 Å². The average molecular weight is 575 g/mol. The van der Waals surface area contributed by atoms with E-state index < -0.39 is 32.2 Å². The number of benzene rings is 2. The van der Waals surface area contributed by atoms with Crippen molar-refractivity contribution >= 4 is 20.0 Å². The first-order valence-corrected chi connectivity index (χ1v) is 16.3. The molecule has 39 heavy (non-hydrogen) atoms.